The number of hydrogen-bond donors (Lipinski definition) is 0. The van der Waals surface area contributed by atoms with Crippen LogP contribution in [0.3, 0.4) is 0 Å². The summed E-state index contributed by atoms with van der Waals surface area (Å²) in [6.45, 7) is 5.98. The first-order chi connectivity index (χ1) is 12.0. The van der Waals surface area contributed by atoms with Crippen LogP contribution in [0, 0.1) is 0 Å². The average Bonchev–Trinajstić information content (AvgIpc) is 2.91. The van der Waals surface area contributed by atoms with Gasteiger partial charge < -0.3 is 4.90 Å². The van der Waals surface area contributed by atoms with Crippen molar-refractivity contribution < 1.29 is 9.18 Å². The summed E-state index contributed by atoms with van der Waals surface area (Å²) in [5.74, 6) is 0.402. The molecule has 0 N–H and O–H groups in total. The Hall–Kier alpha value is -1.97. The van der Waals surface area contributed by atoms with Gasteiger partial charge in [-0.05, 0) is 30.9 Å². The molecule has 1 fully saturated rings. The predicted molar refractivity (Wildman–Crippen MR) is 101 cm³/mol. The minimum Gasteiger partial charge on any atom is -0.353 e. The molecule has 1 aliphatic rings. The minimum atomic E-state index is -1.14. The molecule has 1 aromatic rings. The second kappa shape index (κ2) is 8.93. The Morgan fingerprint density at radius 1 is 1.28 bits per heavy atom. The Kier molecular flexibility index (Phi) is 6.91. The van der Waals surface area contributed by atoms with E-state index in [9.17, 15) is 9.18 Å². The Labute approximate surface area is 150 Å². The number of amidine groups is 1. The van der Waals surface area contributed by atoms with Crippen molar-refractivity contribution in [2.24, 2.45) is 4.99 Å². The van der Waals surface area contributed by atoms with Gasteiger partial charge in [0.05, 0.1) is 6.04 Å². The molecular weight excluding hydrogens is 315 g/mol. The van der Waals surface area contributed by atoms with E-state index in [1.807, 2.05) is 56.1 Å². The third-order valence-corrected chi connectivity index (χ3v) is 4.91. The van der Waals surface area contributed by atoms with Crippen LogP contribution in [-0.2, 0) is 4.79 Å². The fourth-order valence-electron chi connectivity index (χ4n) is 3.16. The lowest BCUT2D eigenvalue weighted by Gasteiger charge is -2.22. The van der Waals surface area contributed by atoms with Crippen LogP contribution < -0.4 is 0 Å². The number of benzene rings is 1. The molecule has 2 atom stereocenters. The van der Waals surface area contributed by atoms with Crippen molar-refractivity contribution in [3.63, 3.8) is 0 Å². The van der Waals surface area contributed by atoms with E-state index >= 15 is 0 Å². The summed E-state index contributed by atoms with van der Waals surface area (Å²) in [6.07, 6.45) is 2.25. The maximum absolute atomic E-state index is 14.7. The van der Waals surface area contributed by atoms with Gasteiger partial charge in [-0.3, -0.25) is 4.79 Å². The highest BCUT2D eigenvalue weighted by Gasteiger charge is 2.36. The number of allylic oxidation sites excluding steroid dienone is 2. The molecule has 2 unspecified atom stereocenters. The minimum absolute atomic E-state index is 0.0254. The van der Waals surface area contributed by atoms with Crippen LogP contribution in [0.15, 0.2) is 46.6 Å². The molecule has 4 heteroatoms. The van der Waals surface area contributed by atoms with Crippen LogP contribution in [0.25, 0.3) is 0 Å². The van der Waals surface area contributed by atoms with Crippen molar-refractivity contribution in [3.8, 4) is 0 Å². The molecule has 1 aromatic carbocycles. The van der Waals surface area contributed by atoms with Crippen molar-refractivity contribution >= 4 is 11.6 Å². The van der Waals surface area contributed by atoms with E-state index in [1.165, 1.54) is 0 Å². The second-order valence-electron chi connectivity index (χ2n) is 6.72. The maximum Gasteiger partial charge on any atom is 0.181 e. The molecule has 0 saturated carbocycles. The van der Waals surface area contributed by atoms with Crippen LogP contribution in [0.5, 0.6) is 0 Å². The van der Waals surface area contributed by atoms with Gasteiger partial charge in [0.1, 0.15) is 11.5 Å². The standard InChI is InChI=1S/C21H29FN2O/c1-5-7-13-19(25)20(15(3)6-2)23-21-17(22)14-18(24(21)4)16-11-9-8-10-12-16/h8-12,17-18H,5-7,13-14H2,1-4H3/b20-15-,23-21?. The van der Waals surface area contributed by atoms with E-state index in [2.05, 4.69) is 11.9 Å². The molecule has 1 heterocycles. The number of carbonyl (C=O) groups excluding carboxylic acids is 1. The van der Waals surface area contributed by atoms with Gasteiger partial charge in [-0.2, -0.15) is 0 Å². The van der Waals surface area contributed by atoms with E-state index in [-0.39, 0.29) is 11.8 Å². The highest BCUT2D eigenvalue weighted by atomic mass is 19.1. The average molecular weight is 344 g/mol. The van der Waals surface area contributed by atoms with Crippen LogP contribution in [-0.4, -0.2) is 29.7 Å². The van der Waals surface area contributed by atoms with E-state index in [1.54, 1.807) is 0 Å². The van der Waals surface area contributed by atoms with Gasteiger partial charge >= 0.3 is 0 Å². The van der Waals surface area contributed by atoms with Gasteiger partial charge in [0.2, 0.25) is 0 Å². The van der Waals surface area contributed by atoms with Gasteiger partial charge in [0, 0.05) is 19.9 Å². The van der Waals surface area contributed by atoms with Crippen LogP contribution in [0.4, 0.5) is 4.39 Å². The van der Waals surface area contributed by atoms with Crippen molar-refractivity contribution in [2.75, 3.05) is 7.05 Å². The molecule has 1 saturated heterocycles. The number of rotatable bonds is 7. The molecule has 136 valence electrons. The summed E-state index contributed by atoms with van der Waals surface area (Å²) >= 11 is 0. The molecule has 0 bridgehead atoms. The number of ketones is 1. The summed E-state index contributed by atoms with van der Waals surface area (Å²) < 4.78 is 14.7. The number of halogens is 1. The summed E-state index contributed by atoms with van der Waals surface area (Å²) in [5, 5.41) is 0. The molecule has 0 aliphatic carbocycles. The van der Waals surface area contributed by atoms with Crippen molar-refractivity contribution in [1.29, 1.82) is 0 Å². The highest BCUT2D eigenvalue weighted by molar-refractivity contribution is 6.00. The third-order valence-electron chi connectivity index (χ3n) is 4.91. The third kappa shape index (κ3) is 4.56. The first-order valence-electron chi connectivity index (χ1n) is 9.22. The SMILES string of the molecule is CCCCC(=O)/C(N=C1C(F)CC(c2ccccc2)N1C)=C(\C)CC. The Morgan fingerprint density at radius 2 is 1.96 bits per heavy atom. The largest absolute Gasteiger partial charge is 0.353 e. The molecule has 1 aliphatic heterocycles. The van der Waals surface area contributed by atoms with Crippen LogP contribution in [0.1, 0.15) is 64.5 Å². The molecule has 25 heavy (non-hydrogen) atoms. The van der Waals surface area contributed by atoms with E-state index in [0.29, 0.717) is 24.4 Å². The Morgan fingerprint density at radius 3 is 2.56 bits per heavy atom. The second-order valence-corrected chi connectivity index (χ2v) is 6.72. The zero-order valence-electron chi connectivity index (χ0n) is 15.8. The zero-order chi connectivity index (χ0) is 18.4. The predicted octanol–water partition coefficient (Wildman–Crippen LogP) is 5.24. The number of nitrogens with zero attached hydrogens (tertiary/aromatic N) is 2. The fraction of sp³-hybridized carbons (Fsp3) is 0.524. The lowest BCUT2D eigenvalue weighted by atomic mass is 10.0. The summed E-state index contributed by atoms with van der Waals surface area (Å²) in [6, 6.07) is 9.87. The van der Waals surface area contributed by atoms with Gasteiger partial charge in [0.25, 0.3) is 0 Å². The lowest BCUT2D eigenvalue weighted by molar-refractivity contribution is -0.115. The summed E-state index contributed by atoms with van der Waals surface area (Å²) in [4.78, 5) is 19.0. The number of likely N-dealkylation sites (tertiary alicyclic amines) is 1. The highest BCUT2D eigenvalue weighted by Crippen LogP contribution is 2.34. The van der Waals surface area contributed by atoms with E-state index in [4.69, 9.17) is 0 Å². The maximum atomic E-state index is 14.7. The molecular formula is C21H29FN2O. The topological polar surface area (TPSA) is 32.7 Å². The first-order valence-corrected chi connectivity index (χ1v) is 9.22. The van der Waals surface area contributed by atoms with E-state index in [0.717, 1.165) is 30.4 Å². The molecule has 2 rings (SSSR count). The zero-order valence-corrected chi connectivity index (χ0v) is 15.8. The summed E-state index contributed by atoms with van der Waals surface area (Å²) in [7, 11) is 1.87. The fourth-order valence-corrected chi connectivity index (χ4v) is 3.16. The smallest absolute Gasteiger partial charge is 0.181 e. The normalized spacial score (nSPS) is 23.1. The number of unbranched alkanes of at least 4 members (excludes halogenated alkanes) is 1. The molecule has 0 aromatic heterocycles. The Bertz CT molecular complexity index is 651. The number of aliphatic imine (C=N–C) groups is 1. The first kappa shape index (κ1) is 19.4. The lowest BCUT2D eigenvalue weighted by Crippen LogP contribution is -2.27. The quantitative estimate of drug-likeness (QED) is 0.633. The van der Waals surface area contributed by atoms with Crippen LogP contribution in [0.2, 0.25) is 0 Å². The van der Waals surface area contributed by atoms with Crippen LogP contribution >= 0.6 is 0 Å². The van der Waals surface area contributed by atoms with Crippen molar-refractivity contribution in [1.82, 2.24) is 4.90 Å². The molecule has 0 spiro atoms. The molecule has 0 radical (unpaired) electrons. The van der Waals surface area contributed by atoms with Crippen molar-refractivity contribution in [2.45, 2.75) is 65.1 Å². The number of hydrogen-bond acceptors (Lipinski definition) is 2. The van der Waals surface area contributed by atoms with Gasteiger partial charge in [0.15, 0.2) is 12.0 Å². The number of carbonyl (C=O) groups is 1. The molecule has 0 amide bonds. The summed E-state index contributed by atoms with van der Waals surface area (Å²) in [5.41, 5.74) is 2.46. The van der Waals surface area contributed by atoms with Gasteiger partial charge in [-0.25, -0.2) is 9.38 Å². The monoisotopic (exact) mass is 344 g/mol. The van der Waals surface area contributed by atoms with Gasteiger partial charge in [-0.15, -0.1) is 0 Å². The van der Waals surface area contributed by atoms with Gasteiger partial charge in [-0.1, -0.05) is 50.6 Å². The van der Waals surface area contributed by atoms with E-state index < -0.39 is 6.17 Å². The number of Topliss-reactive ketones (excluding diaryl/α,β-unsaturated/α-hetero) is 1. The molecule has 3 nitrogen and oxygen atoms in total. The number of alkyl halides is 1. The van der Waals surface area contributed by atoms with Crippen molar-refractivity contribution in [3.05, 3.63) is 47.2 Å². The Balaban J connectivity index is 2.31.